The van der Waals surface area contributed by atoms with Crippen LogP contribution in [-0.2, 0) is 10.3 Å². The molecule has 1 aromatic rings. The molecule has 0 bridgehead atoms. The van der Waals surface area contributed by atoms with Gasteiger partial charge in [-0.3, -0.25) is 4.79 Å². The quantitative estimate of drug-likeness (QED) is 0.866. The summed E-state index contributed by atoms with van der Waals surface area (Å²) in [6, 6.07) is 6.58. The van der Waals surface area contributed by atoms with Crippen LogP contribution in [-0.4, -0.2) is 19.0 Å². The molecular weight excluding hydrogens is 255 g/mol. The number of hydrogen-bond donors (Lipinski definition) is 2. The summed E-state index contributed by atoms with van der Waals surface area (Å²) >= 11 is 0. The van der Waals surface area contributed by atoms with E-state index in [0.29, 0.717) is 12.3 Å². The average Bonchev–Trinajstić information content (AvgIpc) is 3.02. The maximum Gasteiger partial charge on any atom is 0.220 e. The maximum atomic E-state index is 13.3. The van der Waals surface area contributed by atoms with Crippen LogP contribution in [0.4, 0.5) is 4.39 Å². The average molecular weight is 276 g/mol. The summed E-state index contributed by atoms with van der Waals surface area (Å²) in [5.74, 6) is 0.490. The molecule has 1 saturated heterocycles. The minimum atomic E-state index is -0.299. The summed E-state index contributed by atoms with van der Waals surface area (Å²) in [5, 5.41) is 6.42. The van der Waals surface area contributed by atoms with Crippen molar-refractivity contribution >= 4 is 5.91 Å². The molecule has 2 aliphatic rings. The molecule has 1 amide bonds. The van der Waals surface area contributed by atoms with Gasteiger partial charge in [0, 0.05) is 6.42 Å². The van der Waals surface area contributed by atoms with Crippen LogP contribution in [0.2, 0.25) is 0 Å². The lowest BCUT2D eigenvalue weighted by Crippen LogP contribution is -2.35. The first-order valence-electron chi connectivity index (χ1n) is 7.46. The number of carbonyl (C=O) groups is 1. The van der Waals surface area contributed by atoms with Crippen LogP contribution in [0.15, 0.2) is 24.3 Å². The summed E-state index contributed by atoms with van der Waals surface area (Å²) in [6.45, 7) is 2.10. The Morgan fingerprint density at radius 2 is 2.30 bits per heavy atom. The molecule has 3 nitrogen and oxygen atoms in total. The van der Waals surface area contributed by atoms with Crippen molar-refractivity contribution in [3.63, 3.8) is 0 Å². The van der Waals surface area contributed by atoms with Crippen molar-refractivity contribution in [3.8, 4) is 0 Å². The largest absolute Gasteiger partial charge is 0.347 e. The topological polar surface area (TPSA) is 41.1 Å². The summed E-state index contributed by atoms with van der Waals surface area (Å²) in [7, 11) is 0. The number of benzene rings is 1. The third-order valence-corrected chi connectivity index (χ3v) is 4.45. The van der Waals surface area contributed by atoms with Gasteiger partial charge >= 0.3 is 0 Å². The zero-order valence-electron chi connectivity index (χ0n) is 11.6. The van der Waals surface area contributed by atoms with Gasteiger partial charge in [0.15, 0.2) is 0 Å². The van der Waals surface area contributed by atoms with Crippen LogP contribution >= 0.6 is 0 Å². The van der Waals surface area contributed by atoms with Crippen molar-refractivity contribution < 1.29 is 9.18 Å². The zero-order chi connectivity index (χ0) is 14.0. The third-order valence-electron chi connectivity index (χ3n) is 4.45. The summed E-state index contributed by atoms with van der Waals surface area (Å²) in [5.41, 5.74) is 0.598. The molecule has 1 aliphatic carbocycles. The molecule has 1 saturated carbocycles. The Morgan fingerprint density at radius 3 is 2.95 bits per heavy atom. The van der Waals surface area contributed by atoms with Gasteiger partial charge in [0.2, 0.25) is 5.91 Å². The van der Waals surface area contributed by atoms with E-state index >= 15 is 0 Å². The van der Waals surface area contributed by atoms with E-state index in [1.54, 1.807) is 6.07 Å². The summed E-state index contributed by atoms with van der Waals surface area (Å²) < 4.78 is 13.3. The van der Waals surface area contributed by atoms with E-state index in [9.17, 15) is 9.18 Å². The molecule has 1 heterocycles. The van der Waals surface area contributed by atoms with Crippen molar-refractivity contribution in [1.82, 2.24) is 10.6 Å². The van der Waals surface area contributed by atoms with Crippen molar-refractivity contribution in [1.29, 1.82) is 0 Å². The van der Waals surface area contributed by atoms with Gasteiger partial charge in [0.25, 0.3) is 0 Å². The minimum Gasteiger partial charge on any atom is -0.347 e. The molecule has 3 rings (SSSR count). The van der Waals surface area contributed by atoms with E-state index in [-0.39, 0.29) is 17.3 Å². The molecule has 2 fully saturated rings. The molecule has 4 heteroatoms. The predicted molar refractivity (Wildman–Crippen MR) is 75.7 cm³/mol. The number of rotatable bonds is 5. The predicted octanol–water partition coefficient (Wildman–Crippen LogP) is 2.32. The number of halogens is 1. The Kier molecular flexibility index (Phi) is 3.74. The molecule has 0 aromatic heterocycles. The molecule has 0 spiro atoms. The van der Waals surface area contributed by atoms with Crippen molar-refractivity contribution in [2.45, 2.75) is 37.6 Å². The fourth-order valence-corrected chi connectivity index (χ4v) is 3.02. The Morgan fingerprint density at radius 1 is 1.45 bits per heavy atom. The van der Waals surface area contributed by atoms with E-state index in [0.717, 1.165) is 37.9 Å². The standard InChI is InChI=1S/C16H21FN2O/c17-14-3-1-2-13(10-14)16(7-8-16)19-15(20)5-4-12-6-9-18-11-12/h1-3,10,12,18H,4-9,11H2,(H,19,20). The zero-order valence-corrected chi connectivity index (χ0v) is 11.6. The lowest BCUT2D eigenvalue weighted by atomic mass is 10.0. The molecule has 0 radical (unpaired) electrons. The Balaban J connectivity index is 1.55. The van der Waals surface area contributed by atoms with Crippen molar-refractivity contribution in [2.75, 3.05) is 13.1 Å². The van der Waals surface area contributed by atoms with Gasteiger partial charge in [-0.15, -0.1) is 0 Å². The van der Waals surface area contributed by atoms with Gasteiger partial charge in [0.05, 0.1) is 5.54 Å². The number of amides is 1. The number of carbonyl (C=O) groups excluding carboxylic acids is 1. The van der Waals surface area contributed by atoms with Gasteiger partial charge in [0.1, 0.15) is 5.82 Å². The first-order valence-corrected chi connectivity index (χ1v) is 7.46. The Labute approximate surface area is 118 Å². The van der Waals surface area contributed by atoms with Crippen molar-refractivity contribution in [2.24, 2.45) is 5.92 Å². The lowest BCUT2D eigenvalue weighted by molar-refractivity contribution is -0.122. The summed E-state index contributed by atoms with van der Waals surface area (Å²) in [4.78, 5) is 12.1. The second-order valence-corrected chi connectivity index (χ2v) is 6.04. The molecule has 108 valence electrons. The minimum absolute atomic E-state index is 0.0960. The van der Waals surface area contributed by atoms with E-state index in [1.165, 1.54) is 18.6 Å². The van der Waals surface area contributed by atoms with E-state index < -0.39 is 0 Å². The van der Waals surface area contributed by atoms with E-state index in [4.69, 9.17) is 0 Å². The van der Waals surface area contributed by atoms with Crippen LogP contribution in [0.3, 0.4) is 0 Å². The highest BCUT2D eigenvalue weighted by Crippen LogP contribution is 2.45. The van der Waals surface area contributed by atoms with Gasteiger partial charge in [-0.05, 0) is 62.4 Å². The lowest BCUT2D eigenvalue weighted by Gasteiger charge is -2.18. The first-order chi connectivity index (χ1) is 9.68. The normalized spacial score (nSPS) is 23.6. The maximum absolute atomic E-state index is 13.3. The fourth-order valence-electron chi connectivity index (χ4n) is 3.02. The van der Waals surface area contributed by atoms with Crippen molar-refractivity contribution in [3.05, 3.63) is 35.6 Å². The van der Waals surface area contributed by atoms with Gasteiger partial charge in [-0.1, -0.05) is 12.1 Å². The SMILES string of the molecule is O=C(CCC1CCNC1)NC1(c2cccc(F)c2)CC1. The van der Waals surface area contributed by atoms with Crippen LogP contribution in [0.5, 0.6) is 0 Å². The Bertz CT molecular complexity index is 493. The fraction of sp³-hybridized carbons (Fsp3) is 0.562. The van der Waals surface area contributed by atoms with Gasteiger partial charge < -0.3 is 10.6 Å². The van der Waals surface area contributed by atoms with E-state index in [2.05, 4.69) is 10.6 Å². The smallest absolute Gasteiger partial charge is 0.220 e. The molecular formula is C16H21FN2O. The highest BCUT2D eigenvalue weighted by molar-refractivity contribution is 5.77. The number of nitrogens with one attached hydrogen (secondary N) is 2. The Hall–Kier alpha value is -1.42. The highest BCUT2D eigenvalue weighted by atomic mass is 19.1. The number of hydrogen-bond acceptors (Lipinski definition) is 2. The molecule has 1 unspecified atom stereocenters. The molecule has 20 heavy (non-hydrogen) atoms. The monoisotopic (exact) mass is 276 g/mol. The third kappa shape index (κ3) is 3.01. The van der Waals surface area contributed by atoms with Crippen LogP contribution in [0.1, 0.15) is 37.7 Å². The molecule has 2 N–H and O–H groups in total. The second-order valence-electron chi connectivity index (χ2n) is 6.04. The van der Waals surface area contributed by atoms with Gasteiger partial charge in [-0.2, -0.15) is 0 Å². The van der Waals surface area contributed by atoms with Gasteiger partial charge in [-0.25, -0.2) is 4.39 Å². The second kappa shape index (κ2) is 5.52. The van der Waals surface area contributed by atoms with Crippen LogP contribution < -0.4 is 10.6 Å². The van der Waals surface area contributed by atoms with E-state index in [1.807, 2.05) is 6.07 Å². The van der Waals surface area contributed by atoms with Crippen LogP contribution in [0, 0.1) is 11.7 Å². The molecule has 1 aromatic carbocycles. The van der Waals surface area contributed by atoms with Crippen LogP contribution in [0.25, 0.3) is 0 Å². The first kappa shape index (κ1) is 13.6. The molecule has 1 aliphatic heterocycles. The molecule has 1 atom stereocenters. The summed E-state index contributed by atoms with van der Waals surface area (Å²) in [6.07, 6.45) is 4.50. The highest BCUT2D eigenvalue weighted by Gasteiger charge is 2.45.